The van der Waals surface area contributed by atoms with Crippen LogP contribution in [0.1, 0.15) is 16.7 Å². The fraction of sp³-hybridized carbons (Fsp3) is 0.350. The lowest BCUT2D eigenvalue weighted by Gasteiger charge is -2.36. The number of hydrogen-bond acceptors (Lipinski definition) is 10. The molecule has 89 heavy (non-hydrogen) atoms. The van der Waals surface area contributed by atoms with E-state index in [1.54, 1.807) is 31.9 Å². The molecule has 476 valence electrons. The van der Waals surface area contributed by atoms with Crippen LogP contribution in [-0.4, -0.2) is 156 Å². The Morgan fingerprint density at radius 3 is 0.820 bits per heavy atom. The normalized spacial score (nSPS) is 15.8. The zero-order chi connectivity index (χ0) is 63.7. The van der Waals surface area contributed by atoms with Gasteiger partial charge in [0.25, 0.3) is 0 Å². The number of benzene rings is 6. The maximum Gasteiger partial charge on any atom is 0.466 e. The van der Waals surface area contributed by atoms with Crippen LogP contribution in [0.5, 0.6) is 0 Å². The number of nitrogens with zero attached hydrogens (tertiary/aromatic N) is 9. The Kier molecular flexibility index (Phi) is 20.7. The molecule has 0 aliphatic carbocycles. The zero-order valence-electron chi connectivity index (χ0n) is 47.9. The average molecular weight is 1270 g/mol. The number of phosphoric acid groups is 1. The van der Waals surface area contributed by atoms with Crippen molar-refractivity contribution in [2.24, 2.45) is 0 Å². The van der Waals surface area contributed by atoms with Gasteiger partial charge in [0.15, 0.2) is 0 Å². The molecule has 6 aromatic carbocycles. The minimum atomic E-state index is -4.64. The summed E-state index contributed by atoms with van der Waals surface area (Å²) in [5, 5.41) is 0. The van der Waals surface area contributed by atoms with Gasteiger partial charge in [0.05, 0.1) is 49.8 Å². The van der Waals surface area contributed by atoms with E-state index < -0.39 is 43.0 Å². The first kappa shape index (κ1) is 65.3. The van der Waals surface area contributed by atoms with Crippen molar-refractivity contribution in [3.63, 3.8) is 0 Å². The molecule has 3 aromatic heterocycles. The van der Waals surface area contributed by atoms with E-state index in [1.807, 2.05) is 87.5 Å². The number of alkyl halides is 9. The highest BCUT2D eigenvalue weighted by Gasteiger charge is 2.34. The van der Waals surface area contributed by atoms with Gasteiger partial charge >= 0.3 is 43.4 Å². The third-order valence-electron chi connectivity index (χ3n) is 15.7. The van der Waals surface area contributed by atoms with Gasteiger partial charge in [0.2, 0.25) is 0 Å². The average Bonchev–Trinajstić information content (AvgIpc) is 2.62. The smallest absolute Gasteiger partial charge is 0.369 e. The molecule has 0 spiro atoms. The predicted molar refractivity (Wildman–Crippen MR) is 322 cm³/mol. The molecule has 29 heteroatoms. The third kappa shape index (κ3) is 17.6. The van der Waals surface area contributed by atoms with Crippen LogP contribution in [0.2, 0.25) is 0 Å². The van der Waals surface area contributed by atoms with Crippen molar-refractivity contribution >= 4 is 58.0 Å². The molecular weight excluding hydrogens is 1200 g/mol. The number of nitrogens with one attached hydrogen (secondary N) is 3. The SMILES string of the molecule is O=P(O)(O)O.O=c1[nH]c2ccccc2n1CCN1CCN(c2cccc(C(F)(F)F)c2)CC1.O=c1[nH]c2ccccc2n1CCN1CCN(c2cccc(C(F)(F)F)c2)CC1.O=c1[nH]c2ccccc2n1CCN1CCN(c2cccc(C(F)(F)F)c2)CC1. The summed E-state index contributed by atoms with van der Waals surface area (Å²) in [6.07, 6.45) is -13.0. The number of H-pyrrole nitrogens is 3. The summed E-state index contributed by atoms with van der Waals surface area (Å²) in [5.41, 5.74) is 4.69. The second kappa shape index (κ2) is 28.2. The van der Waals surface area contributed by atoms with Gasteiger partial charge in [-0.3, -0.25) is 28.4 Å². The Hall–Kier alpha value is -8.11. The van der Waals surface area contributed by atoms with Crippen molar-refractivity contribution in [1.82, 2.24) is 43.4 Å². The summed E-state index contributed by atoms with van der Waals surface area (Å²) in [6.45, 7) is 12.3. The number of hydrogen-bond donors (Lipinski definition) is 6. The molecule has 0 radical (unpaired) electrons. The standard InChI is InChI=1S/3C20H21F3N4O.H3O4P/c3*21-20(22,23)15-4-3-5-16(14-15)26-11-8-25(9-12-26)10-13-27-18-7-2-1-6-17(18)24-19(27)28;1-5(2,3)4/h3*1-7,14H,8-13H2,(H,24,28);(H3,1,2,3,4). The molecule has 3 aliphatic rings. The van der Waals surface area contributed by atoms with Crippen molar-refractivity contribution in [2.45, 2.75) is 38.2 Å². The summed E-state index contributed by atoms with van der Waals surface area (Å²) < 4.78 is 130. The quantitative estimate of drug-likeness (QED) is 0.0501. The molecule has 0 bridgehead atoms. The molecule has 19 nitrogen and oxygen atoms in total. The van der Waals surface area contributed by atoms with Crippen LogP contribution >= 0.6 is 7.82 Å². The monoisotopic (exact) mass is 1270 g/mol. The molecular formula is C60H66F9N12O7P. The minimum Gasteiger partial charge on any atom is -0.369 e. The lowest BCUT2D eigenvalue weighted by atomic mass is 10.1. The van der Waals surface area contributed by atoms with E-state index in [1.165, 1.54) is 36.4 Å². The zero-order valence-corrected chi connectivity index (χ0v) is 48.8. The first-order chi connectivity index (χ1) is 42.2. The lowest BCUT2D eigenvalue weighted by Crippen LogP contribution is -2.47. The van der Waals surface area contributed by atoms with Crippen molar-refractivity contribution in [3.05, 3.63) is 194 Å². The Bertz CT molecular complexity index is 3630. The van der Waals surface area contributed by atoms with Crippen molar-refractivity contribution in [1.29, 1.82) is 0 Å². The Morgan fingerprint density at radius 1 is 0.348 bits per heavy atom. The molecule has 12 rings (SSSR count). The van der Waals surface area contributed by atoms with E-state index in [0.29, 0.717) is 76.0 Å². The first-order valence-electron chi connectivity index (χ1n) is 28.5. The van der Waals surface area contributed by atoms with E-state index >= 15 is 0 Å². The van der Waals surface area contributed by atoms with Gasteiger partial charge in [0, 0.05) is 135 Å². The van der Waals surface area contributed by atoms with Gasteiger partial charge in [-0.25, -0.2) is 18.9 Å². The summed E-state index contributed by atoms with van der Waals surface area (Å²) in [6, 6.07) is 39.2. The molecule has 6 N–H and O–H groups in total. The molecule has 0 saturated carbocycles. The second-order valence-corrected chi connectivity index (χ2v) is 22.5. The van der Waals surface area contributed by atoms with Gasteiger partial charge in [-0.15, -0.1) is 0 Å². The third-order valence-corrected chi connectivity index (χ3v) is 15.7. The summed E-state index contributed by atoms with van der Waals surface area (Å²) in [7, 11) is -4.64. The molecule has 3 saturated heterocycles. The number of fused-ring (bicyclic) bond motifs is 3. The highest BCUT2D eigenvalue weighted by molar-refractivity contribution is 7.45. The van der Waals surface area contributed by atoms with Crippen molar-refractivity contribution in [2.75, 3.05) is 113 Å². The van der Waals surface area contributed by atoms with Gasteiger partial charge in [-0.2, -0.15) is 39.5 Å². The number of halogens is 9. The maximum atomic E-state index is 12.9. The molecule has 9 aromatic rings. The molecule has 0 amide bonds. The van der Waals surface area contributed by atoms with E-state index in [0.717, 1.165) is 110 Å². The second-order valence-electron chi connectivity index (χ2n) is 21.4. The van der Waals surface area contributed by atoms with Crippen LogP contribution in [0.15, 0.2) is 160 Å². The molecule has 6 heterocycles. The maximum absolute atomic E-state index is 12.9. The first-order valence-corrected chi connectivity index (χ1v) is 30.1. The highest BCUT2D eigenvalue weighted by Crippen LogP contribution is 2.35. The summed E-state index contributed by atoms with van der Waals surface area (Å²) in [4.78, 5) is 79.2. The number of aromatic amines is 3. The van der Waals surface area contributed by atoms with Crippen molar-refractivity contribution in [3.8, 4) is 0 Å². The number of para-hydroxylation sites is 6. The van der Waals surface area contributed by atoms with Crippen LogP contribution in [0.4, 0.5) is 56.6 Å². The van der Waals surface area contributed by atoms with Gasteiger partial charge in [0.1, 0.15) is 0 Å². The number of piperazine rings is 3. The van der Waals surface area contributed by atoms with Crippen LogP contribution in [0.3, 0.4) is 0 Å². The van der Waals surface area contributed by atoms with Crippen LogP contribution in [-0.2, 0) is 42.7 Å². The largest absolute Gasteiger partial charge is 0.466 e. The predicted octanol–water partition coefficient (Wildman–Crippen LogP) is 8.58. The van der Waals surface area contributed by atoms with Gasteiger partial charge in [-0.1, -0.05) is 54.6 Å². The fourth-order valence-corrected chi connectivity index (χ4v) is 11.0. The Labute approximate surface area is 503 Å². The molecule has 0 atom stereocenters. The minimum absolute atomic E-state index is 0.121. The Balaban J connectivity index is 0.000000153. The number of imidazole rings is 3. The van der Waals surface area contributed by atoms with Crippen LogP contribution < -0.4 is 31.8 Å². The van der Waals surface area contributed by atoms with E-state index in [9.17, 15) is 53.9 Å². The number of anilines is 3. The number of rotatable bonds is 12. The van der Waals surface area contributed by atoms with Gasteiger partial charge < -0.3 is 44.3 Å². The molecule has 3 fully saturated rings. The summed E-state index contributed by atoms with van der Waals surface area (Å²) in [5.74, 6) is 0. The van der Waals surface area contributed by atoms with E-state index in [-0.39, 0.29) is 17.1 Å². The molecule has 0 unspecified atom stereocenters. The Morgan fingerprint density at radius 2 is 0.584 bits per heavy atom. The molecule has 3 aliphatic heterocycles. The van der Waals surface area contributed by atoms with E-state index in [2.05, 4.69) is 29.7 Å². The van der Waals surface area contributed by atoms with Crippen molar-refractivity contribution < 1.29 is 58.8 Å². The topological polar surface area (TPSA) is 211 Å². The van der Waals surface area contributed by atoms with Crippen LogP contribution in [0.25, 0.3) is 33.1 Å². The van der Waals surface area contributed by atoms with Crippen LogP contribution in [0, 0.1) is 0 Å². The van der Waals surface area contributed by atoms with Gasteiger partial charge in [-0.05, 0) is 91.0 Å². The lowest BCUT2D eigenvalue weighted by molar-refractivity contribution is -0.138. The fourth-order valence-electron chi connectivity index (χ4n) is 11.0. The summed E-state index contributed by atoms with van der Waals surface area (Å²) >= 11 is 0. The highest BCUT2D eigenvalue weighted by atomic mass is 31.2. The van der Waals surface area contributed by atoms with E-state index in [4.69, 9.17) is 19.2 Å². The number of aromatic nitrogens is 6.